The minimum atomic E-state index is -0.934. The zero-order valence-electron chi connectivity index (χ0n) is 21.4. The van der Waals surface area contributed by atoms with Crippen molar-refractivity contribution >= 4 is 39.9 Å². The van der Waals surface area contributed by atoms with Gasteiger partial charge in [0.2, 0.25) is 5.91 Å². The number of anilines is 1. The highest BCUT2D eigenvalue weighted by Crippen LogP contribution is 2.47. The highest BCUT2D eigenvalue weighted by Gasteiger charge is 2.35. The molecule has 1 aliphatic rings. The van der Waals surface area contributed by atoms with Crippen LogP contribution in [0.5, 0.6) is 0 Å². The van der Waals surface area contributed by atoms with Crippen molar-refractivity contribution in [2.75, 3.05) is 38.8 Å². The van der Waals surface area contributed by atoms with Gasteiger partial charge in [0.15, 0.2) is 5.82 Å². The largest absolute Gasteiger partial charge is 0.390 e. The fourth-order valence-electron chi connectivity index (χ4n) is 4.02. The normalized spacial score (nSPS) is 15.3. The Balaban J connectivity index is 1.88. The molecule has 9 nitrogen and oxygen atoms in total. The van der Waals surface area contributed by atoms with Gasteiger partial charge in [-0.15, -0.1) is 0 Å². The van der Waals surface area contributed by atoms with Gasteiger partial charge in [0.05, 0.1) is 23.4 Å². The Morgan fingerprint density at radius 2 is 1.91 bits per heavy atom. The Labute approximate surface area is 206 Å². The third kappa shape index (κ3) is 6.62. The van der Waals surface area contributed by atoms with Crippen LogP contribution in [0.4, 0.5) is 11.5 Å². The van der Waals surface area contributed by atoms with Crippen LogP contribution in [0.15, 0.2) is 29.3 Å². The summed E-state index contributed by atoms with van der Waals surface area (Å²) >= 11 is 0. The van der Waals surface area contributed by atoms with Gasteiger partial charge in [-0.05, 0) is 52.7 Å². The first-order chi connectivity index (χ1) is 16.5. The van der Waals surface area contributed by atoms with Gasteiger partial charge in [0, 0.05) is 31.0 Å². The predicted octanol–water partition coefficient (Wildman–Crippen LogP) is 3.42. The number of aliphatic hydroxyl groups is 1. The van der Waals surface area contributed by atoms with Crippen molar-refractivity contribution in [3.63, 3.8) is 0 Å². The molecule has 0 saturated carbocycles. The highest BCUT2D eigenvalue weighted by atomic mass is 16.5. The third-order valence-corrected chi connectivity index (χ3v) is 5.95. The smallest absolute Gasteiger partial charge is 0.251 e. The number of hydrogen-bond donors (Lipinski definition) is 2. The van der Waals surface area contributed by atoms with Crippen LogP contribution in [-0.2, 0) is 19.1 Å². The molecule has 35 heavy (non-hydrogen) atoms. The number of rotatable bonds is 11. The van der Waals surface area contributed by atoms with E-state index in [2.05, 4.69) is 10.3 Å². The fourth-order valence-corrected chi connectivity index (χ4v) is 4.02. The molecule has 2 amide bonds. The Hall–Kier alpha value is -2.88. The van der Waals surface area contributed by atoms with E-state index in [-0.39, 0.29) is 31.1 Å². The minimum absolute atomic E-state index is 0.0462. The van der Waals surface area contributed by atoms with Crippen molar-refractivity contribution < 1.29 is 24.2 Å². The van der Waals surface area contributed by atoms with Gasteiger partial charge in [-0.2, -0.15) is 0 Å². The number of nitrogens with zero attached hydrogens (tertiary/aromatic N) is 3. The maximum absolute atomic E-state index is 12.7. The first-order valence-corrected chi connectivity index (χ1v) is 11.9. The summed E-state index contributed by atoms with van der Waals surface area (Å²) in [6, 6.07) is 7.72. The molecular weight excluding hydrogens is 448 g/mol. The SMILES string of the molecule is CCOCC1=Nc2c(NC(=O)COCC(=O)N(C)C(C)C)nc3ccccc3c2C1CC(C)(C)O. The maximum atomic E-state index is 12.7. The molecule has 1 atom stereocenters. The van der Waals surface area contributed by atoms with Crippen LogP contribution >= 0.6 is 0 Å². The second kappa shape index (κ2) is 11.2. The van der Waals surface area contributed by atoms with Crippen molar-refractivity contribution in [2.45, 2.75) is 58.6 Å². The van der Waals surface area contributed by atoms with Crippen molar-refractivity contribution in [3.05, 3.63) is 29.8 Å². The van der Waals surface area contributed by atoms with Gasteiger partial charge < -0.3 is 24.8 Å². The molecule has 9 heteroatoms. The third-order valence-electron chi connectivity index (χ3n) is 5.95. The monoisotopic (exact) mass is 484 g/mol. The number of fused-ring (bicyclic) bond motifs is 3. The molecule has 0 radical (unpaired) electrons. The van der Waals surface area contributed by atoms with Crippen molar-refractivity contribution in [1.29, 1.82) is 0 Å². The van der Waals surface area contributed by atoms with Crippen LogP contribution < -0.4 is 5.32 Å². The lowest BCUT2D eigenvalue weighted by molar-refractivity contribution is -0.137. The van der Waals surface area contributed by atoms with E-state index in [1.807, 2.05) is 45.0 Å². The summed E-state index contributed by atoms with van der Waals surface area (Å²) in [6.45, 7) is 9.65. The minimum Gasteiger partial charge on any atom is -0.390 e. The van der Waals surface area contributed by atoms with E-state index < -0.39 is 11.5 Å². The number of likely N-dealkylation sites (N-methyl/N-ethyl adjacent to an activating group) is 1. The van der Waals surface area contributed by atoms with Gasteiger partial charge >= 0.3 is 0 Å². The molecule has 2 N–H and O–H groups in total. The molecule has 1 aromatic carbocycles. The second-order valence-electron chi connectivity index (χ2n) is 9.69. The summed E-state index contributed by atoms with van der Waals surface area (Å²) in [5, 5.41) is 14.3. The van der Waals surface area contributed by atoms with E-state index in [1.54, 1.807) is 25.8 Å². The van der Waals surface area contributed by atoms with Gasteiger partial charge in [0.1, 0.15) is 18.9 Å². The van der Waals surface area contributed by atoms with Crippen LogP contribution in [0.3, 0.4) is 0 Å². The first-order valence-electron chi connectivity index (χ1n) is 11.9. The van der Waals surface area contributed by atoms with Crippen molar-refractivity contribution in [2.24, 2.45) is 4.99 Å². The number of pyridine rings is 1. The molecule has 1 aromatic heterocycles. The summed E-state index contributed by atoms with van der Waals surface area (Å²) in [7, 11) is 1.70. The quantitative estimate of drug-likeness (QED) is 0.505. The molecule has 0 spiro atoms. The van der Waals surface area contributed by atoms with Gasteiger partial charge in [-0.1, -0.05) is 18.2 Å². The number of para-hydroxylation sites is 1. The lowest BCUT2D eigenvalue weighted by atomic mass is 9.84. The average Bonchev–Trinajstić information content (AvgIpc) is 3.14. The standard InChI is InChI=1S/C26H36N4O5/c1-7-34-13-20-18(12-26(4,5)33)23-17-10-8-9-11-19(17)28-25(24(23)27-20)29-21(31)14-35-15-22(32)30(6)16(2)3/h8-11,16,18,33H,7,12-15H2,1-6H3,(H,28,29,31). The molecule has 0 saturated heterocycles. The van der Waals surface area contributed by atoms with Crippen LogP contribution in [0.2, 0.25) is 0 Å². The van der Waals surface area contributed by atoms with E-state index in [0.717, 1.165) is 16.7 Å². The Bertz CT molecular complexity index is 1110. The van der Waals surface area contributed by atoms with Gasteiger partial charge in [-0.3, -0.25) is 14.6 Å². The summed E-state index contributed by atoms with van der Waals surface area (Å²) in [6.07, 6.45) is 0.446. The fraction of sp³-hybridized carbons (Fsp3) is 0.538. The molecule has 1 unspecified atom stereocenters. The Morgan fingerprint density at radius 1 is 1.20 bits per heavy atom. The number of carbonyl (C=O) groups is 2. The number of ether oxygens (including phenoxy) is 2. The molecule has 3 rings (SSSR count). The molecular formula is C26H36N4O5. The molecule has 2 aromatic rings. The molecule has 2 heterocycles. The number of benzene rings is 1. The molecule has 0 aliphatic carbocycles. The van der Waals surface area contributed by atoms with Gasteiger partial charge in [0.25, 0.3) is 5.91 Å². The summed E-state index contributed by atoms with van der Waals surface area (Å²) in [4.78, 5) is 35.8. The maximum Gasteiger partial charge on any atom is 0.251 e. The summed E-state index contributed by atoms with van der Waals surface area (Å²) in [5.41, 5.74) is 2.05. The second-order valence-corrected chi connectivity index (χ2v) is 9.69. The molecule has 190 valence electrons. The first kappa shape index (κ1) is 26.7. The lowest BCUT2D eigenvalue weighted by Gasteiger charge is -2.24. The molecule has 1 aliphatic heterocycles. The Kier molecular flexibility index (Phi) is 8.58. The molecule has 0 fully saturated rings. The lowest BCUT2D eigenvalue weighted by Crippen LogP contribution is -2.36. The summed E-state index contributed by atoms with van der Waals surface area (Å²) in [5.74, 6) is -0.481. The average molecular weight is 485 g/mol. The predicted molar refractivity (Wildman–Crippen MR) is 136 cm³/mol. The van der Waals surface area contributed by atoms with E-state index in [1.165, 1.54) is 0 Å². The number of carbonyl (C=O) groups excluding carboxylic acids is 2. The zero-order valence-corrected chi connectivity index (χ0v) is 21.4. The molecule has 0 bridgehead atoms. The van der Waals surface area contributed by atoms with E-state index in [4.69, 9.17) is 14.5 Å². The summed E-state index contributed by atoms with van der Waals surface area (Å²) < 4.78 is 11.0. The number of hydrogen-bond acceptors (Lipinski definition) is 7. The van der Waals surface area contributed by atoms with E-state index in [0.29, 0.717) is 36.7 Å². The van der Waals surface area contributed by atoms with Crippen LogP contribution in [0.25, 0.3) is 10.9 Å². The van der Waals surface area contributed by atoms with Crippen LogP contribution in [0, 0.1) is 0 Å². The Morgan fingerprint density at radius 3 is 2.57 bits per heavy atom. The highest BCUT2D eigenvalue weighted by molar-refractivity contribution is 6.08. The number of aliphatic imine (C=N–C) groups is 1. The van der Waals surface area contributed by atoms with Crippen LogP contribution in [-0.4, -0.2) is 77.6 Å². The van der Waals surface area contributed by atoms with Gasteiger partial charge in [-0.25, -0.2) is 4.98 Å². The van der Waals surface area contributed by atoms with Crippen molar-refractivity contribution in [1.82, 2.24) is 9.88 Å². The zero-order chi connectivity index (χ0) is 25.8. The number of aromatic nitrogens is 1. The number of amides is 2. The van der Waals surface area contributed by atoms with E-state index in [9.17, 15) is 14.7 Å². The number of nitrogens with one attached hydrogen (secondary N) is 1. The van der Waals surface area contributed by atoms with Crippen LogP contribution in [0.1, 0.15) is 52.5 Å². The van der Waals surface area contributed by atoms with Crippen molar-refractivity contribution in [3.8, 4) is 0 Å². The topological polar surface area (TPSA) is 113 Å². The van der Waals surface area contributed by atoms with E-state index >= 15 is 0 Å².